The van der Waals surface area contributed by atoms with Crippen molar-refractivity contribution in [3.8, 4) is 0 Å². The van der Waals surface area contributed by atoms with Gasteiger partial charge in [0.1, 0.15) is 0 Å². The predicted octanol–water partition coefficient (Wildman–Crippen LogP) is 0.374. The van der Waals surface area contributed by atoms with E-state index in [-0.39, 0.29) is 5.91 Å². The van der Waals surface area contributed by atoms with Gasteiger partial charge in [0.2, 0.25) is 5.91 Å². The zero-order chi connectivity index (χ0) is 8.97. The Hall–Kier alpha value is -0.940. The fourth-order valence-electron chi connectivity index (χ4n) is 0.837. The van der Waals surface area contributed by atoms with Crippen molar-refractivity contribution < 1.29 is 4.79 Å². The number of thiazole rings is 1. The van der Waals surface area contributed by atoms with E-state index >= 15 is 0 Å². The molecule has 0 spiro atoms. The molecule has 0 unspecified atom stereocenters. The molecule has 0 fully saturated rings. The highest BCUT2D eigenvalue weighted by atomic mass is 32.1. The van der Waals surface area contributed by atoms with Crippen LogP contribution in [0.3, 0.4) is 0 Å². The van der Waals surface area contributed by atoms with Gasteiger partial charge in [-0.3, -0.25) is 10.2 Å². The number of nitrogens with zero attached hydrogens (tertiary/aromatic N) is 1. The number of carbonyl (C=O) groups is 1. The zero-order valence-electron chi connectivity index (χ0n) is 6.83. The number of aromatic nitrogens is 1. The molecule has 0 aromatic carbocycles. The zero-order valence-corrected chi connectivity index (χ0v) is 7.65. The molecule has 1 rings (SSSR count). The van der Waals surface area contributed by atoms with E-state index in [1.807, 2.05) is 12.3 Å². The maximum absolute atomic E-state index is 10.7. The number of aryl methyl sites for hydroxylation is 2. The number of hydrogen-bond donors (Lipinski definition) is 2. The first kappa shape index (κ1) is 9.15. The topological polar surface area (TPSA) is 68.0 Å². The highest BCUT2D eigenvalue weighted by molar-refractivity contribution is 7.09. The van der Waals surface area contributed by atoms with Crippen molar-refractivity contribution in [3.63, 3.8) is 0 Å². The fraction of sp³-hybridized carbons (Fsp3) is 0.429. The molecule has 0 aliphatic heterocycles. The van der Waals surface area contributed by atoms with Crippen LogP contribution < -0.4 is 11.3 Å². The summed E-state index contributed by atoms with van der Waals surface area (Å²) in [5.41, 5.74) is 3.04. The Balaban J connectivity index is 2.38. The maximum atomic E-state index is 10.7. The third-order valence-electron chi connectivity index (χ3n) is 1.44. The van der Waals surface area contributed by atoms with Crippen LogP contribution in [0.25, 0.3) is 0 Å². The van der Waals surface area contributed by atoms with Crippen LogP contribution in [0.15, 0.2) is 5.38 Å². The summed E-state index contributed by atoms with van der Waals surface area (Å²) >= 11 is 1.59. The Morgan fingerprint density at radius 1 is 1.83 bits per heavy atom. The van der Waals surface area contributed by atoms with Crippen molar-refractivity contribution >= 4 is 17.2 Å². The second kappa shape index (κ2) is 4.18. The molecule has 66 valence electrons. The van der Waals surface area contributed by atoms with Gasteiger partial charge in [-0.1, -0.05) is 0 Å². The fourth-order valence-corrected chi connectivity index (χ4v) is 1.48. The van der Waals surface area contributed by atoms with Gasteiger partial charge < -0.3 is 0 Å². The second-order valence-corrected chi connectivity index (χ2v) is 3.49. The van der Waals surface area contributed by atoms with E-state index in [0.717, 1.165) is 10.7 Å². The van der Waals surface area contributed by atoms with Gasteiger partial charge >= 0.3 is 0 Å². The number of rotatable bonds is 3. The van der Waals surface area contributed by atoms with Crippen LogP contribution in [0.2, 0.25) is 0 Å². The van der Waals surface area contributed by atoms with Crippen LogP contribution in [0.1, 0.15) is 17.1 Å². The van der Waals surface area contributed by atoms with Crippen molar-refractivity contribution in [2.24, 2.45) is 5.84 Å². The minimum absolute atomic E-state index is 0.152. The lowest BCUT2D eigenvalue weighted by molar-refractivity contribution is -0.121. The number of carbonyl (C=O) groups excluding carboxylic acids is 1. The van der Waals surface area contributed by atoms with Crippen molar-refractivity contribution in [3.05, 3.63) is 16.1 Å². The first-order chi connectivity index (χ1) is 5.72. The van der Waals surface area contributed by atoms with Crippen LogP contribution in [0.5, 0.6) is 0 Å². The molecule has 1 heterocycles. The third-order valence-corrected chi connectivity index (χ3v) is 2.26. The van der Waals surface area contributed by atoms with E-state index in [1.54, 1.807) is 11.3 Å². The van der Waals surface area contributed by atoms with Crippen molar-refractivity contribution in [2.45, 2.75) is 19.8 Å². The first-order valence-corrected chi connectivity index (χ1v) is 4.51. The lowest BCUT2D eigenvalue weighted by Crippen LogP contribution is -2.30. The van der Waals surface area contributed by atoms with Gasteiger partial charge in [0, 0.05) is 11.8 Å². The molecule has 5 heteroatoms. The number of hydrogen-bond acceptors (Lipinski definition) is 4. The van der Waals surface area contributed by atoms with Crippen LogP contribution in [0, 0.1) is 6.92 Å². The maximum Gasteiger partial charge on any atom is 0.234 e. The molecule has 0 aliphatic rings. The standard InChI is InChI=1S/C7H11N3OS/c1-5-9-6(4-12-5)2-3-7(11)10-8/h4H,2-3,8H2,1H3,(H,10,11). The second-order valence-electron chi connectivity index (χ2n) is 2.43. The lowest BCUT2D eigenvalue weighted by Gasteiger charge is -1.95. The van der Waals surface area contributed by atoms with Crippen molar-refractivity contribution in [2.75, 3.05) is 0 Å². The van der Waals surface area contributed by atoms with Gasteiger partial charge in [-0.2, -0.15) is 0 Å². The van der Waals surface area contributed by atoms with Gasteiger partial charge in [-0.25, -0.2) is 10.8 Å². The van der Waals surface area contributed by atoms with Crippen LogP contribution in [-0.4, -0.2) is 10.9 Å². The van der Waals surface area contributed by atoms with E-state index in [1.165, 1.54) is 0 Å². The Morgan fingerprint density at radius 3 is 3.08 bits per heavy atom. The minimum Gasteiger partial charge on any atom is -0.294 e. The molecule has 12 heavy (non-hydrogen) atoms. The third kappa shape index (κ3) is 2.60. The largest absolute Gasteiger partial charge is 0.294 e. The highest BCUT2D eigenvalue weighted by Crippen LogP contribution is 2.09. The normalized spacial score (nSPS) is 9.83. The summed E-state index contributed by atoms with van der Waals surface area (Å²) in [6, 6.07) is 0. The molecular weight excluding hydrogens is 174 g/mol. The van der Waals surface area contributed by atoms with E-state index in [4.69, 9.17) is 5.84 Å². The Kier molecular flexibility index (Phi) is 3.19. The minimum atomic E-state index is -0.152. The summed E-state index contributed by atoms with van der Waals surface area (Å²) in [6.45, 7) is 1.94. The van der Waals surface area contributed by atoms with Gasteiger partial charge in [0.15, 0.2) is 0 Å². The molecule has 0 bridgehead atoms. The molecule has 3 N–H and O–H groups in total. The summed E-state index contributed by atoms with van der Waals surface area (Å²) in [4.78, 5) is 14.9. The average Bonchev–Trinajstić information content (AvgIpc) is 2.47. The molecule has 4 nitrogen and oxygen atoms in total. The quantitative estimate of drug-likeness (QED) is 0.406. The number of amides is 1. The molecule has 0 aliphatic carbocycles. The SMILES string of the molecule is Cc1nc(CCC(=O)NN)cs1. The van der Waals surface area contributed by atoms with Gasteiger partial charge in [-0.05, 0) is 13.3 Å². The molecule has 1 aromatic heterocycles. The lowest BCUT2D eigenvalue weighted by atomic mass is 10.2. The van der Waals surface area contributed by atoms with Crippen molar-refractivity contribution in [1.82, 2.24) is 10.4 Å². The molecule has 0 saturated heterocycles. The Bertz CT molecular complexity index is 271. The number of nitrogens with one attached hydrogen (secondary N) is 1. The van der Waals surface area contributed by atoms with Crippen LogP contribution in [0.4, 0.5) is 0 Å². The smallest absolute Gasteiger partial charge is 0.234 e. The Morgan fingerprint density at radius 2 is 2.58 bits per heavy atom. The van der Waals surface area contributed by atoms with Gasteiger partial charge in [-0.15, -0.1) is 11.3 Å². The molecule has 0 atom stereocenters. The van der Waals surface area contributed by atoms with E-state index in [2.05, 4.69) is 10.4 Å². The Labute approximate surface area is 74.8 Å². The monoisotopic (exact) mass is 185 g/mol. The van der Waals surface area contributed by atoms with Crippen molar-refractivity contribution in [1.29, 1.82) is 0 Å². The summed E-state index contributed by atoms with van der Waals surface area (Å²) < 4.78 is 0. The number of hydrazine groups is 1. The number of nitrogens with two attached hydrogens (primary N) is 1. The van der Waals surface area contributed by atoms with E-state index in [0.29, 0.717) is 12.8 Å². The summed E-state index contributed by atoms with van der Waals surface area (Å²) in [7, 11) is 0. The van der Waals surface area contributed by atoms with Gasteiger partial charge in [0.05, 0.1) is 10.7 Å². The molecule has 0 radical (unpaired) electrons. The molecule has 1 aromatic rings. The van der Waals surface area contributed by atoms with E-state index < -0.39 is 0 Å². The van der Waals surface area contributed by atoms with E-state index in [9.17, 15) is 4.79 Å². The van der Waals surface area contributed by atoms with Crippen LogP contribution in [-0.2, 0) is 11.2 Å². The summed E-state index contributed by atoms with van der Waals surface area (Å²) in [5.74, 6) is 4.77. The average molecular weight is 185 g/mol. The highest BCUT2D eigenvalue weighted by Gasteiger charge is 2.01. The predicted molar refractivity (Wildman–Crippen MR) is 47.5 cm³/mol. The molecular formula is C7H11N3OS. The first-order valence-electron chi connectivity index (χ1n) is 3.63. The summed E-state index contributed by atoms with van der Waals surface area (Å²) in [5, 5.41) is 2.98. The van der Waals surface area contributed by atoms with Gasteiger partial charge in [0.25, 0.3) is 0 Å². The molecule has 0 saturated carbocycles. The molecule has 1 amide bonds. The summed E-state index contributed by atoms with van der Waals surface area (Å²) in [6.07, 6.45) is 1.06. The van der Waals surface area contributed by atoms with Crippen LogP contribution >= 0.6 is 11.3 Å².